The van der Waals surface area contributed by atoms with E-state index in [9.17, 15) is 4.39 Å². The Hall–Kier alpha value is -1.34. The van der Waals surface area contributed by atoms with E-state index in [-0.39, 0.29) is 5.82 Å². The molecule has 2 aromatic carbocycles. The Balaban J connectivity index is -0.000000118. The van der Waals surface area contributed by atoms with Crippen LogP contribution in [0.1, 0.15) is 66.5 Å². The molecule has 0 saturated heterocycles. The number of rotatable bonds is 0. The van der Waals surface area contributed by atoms with E-state index in [0.29, 0.717) is 0 Å². The molecule has 0 radical (unpaired) electrons. The summed E-state index contributed by atoms with van der Waals surface area (Å²) in [5.41, 5.74) is 2.30. The molecule has 0 amide bonds. The summed E-state index contributed by atoms with van der Waals surface area (Å²) < 4.78 is 12.1. The Labute approximate surface area is 156 Å². The van der Waals surface area contributed by atoms with Crippen molar-refractivity contribution in [2.45, 2.75) is 69.2 Å². The minimum atomic E-state index is -0.171. The lowest BCUT2D eigenvalue weighted by Gasteiger charge is -1.88. The first kappa shape index (κ1) is 30.5. The third kappa shape index (κ3) is 22.9. The van der Waals surface area contributed by atoms with Gasteiger partial charge in [0.2, 0.25) is 0 Å². The van der Waals surface area contributed by atoms with Crippen molar-refractivity contribution in [1.29, 1.82) is 0 Å². The highest BCUT2D eigenvalue weighted by Gasteiger charge is 1.84. The predicted octanol–water partition coefficient (Wildman–Crippen LogP) is 8.89. The quantitative estimate of drug-likeness (QED) is 0.442. The van der Waals surface area contributed by atoms with Gasteiger partial charge < -0.3 is 0 Å². The van der Waals surface area contributed by atoms with Crippen molar-refractivity contribution in [3.8, 4) is 0 Å². The number of hydrogen-bond acceptors (Lipinski definition) is 0. The van der Waals surface area contributed by atoms with Crippen LogP contribution < -0.4 is 0 Å². The zero-order valence-corrected chi connectivity index (χ0v) is 18.1. The maximum atomic E-state index is 12.1. The Bertz CT molecular complexity index is 398. The highest BCUT2D eigenvalue weighted by Crippen LogP contribution is 2.08. The average molecular weight is 357 g/mol. The van der Waals surface area contributed by atoms with Crippen molar-refractivity contribution in [2.24, 2.45) is 0 Å². The van der Waals surface area contributed by atoms with Crippen LogP contribution in [0, 0.1) is 19.7 Å². The molecule has 2 heteroatoms. The van der Waals surface area contributed by atoms with Crippen LogP contribution in [0.2, 0.25) is 5.02 Å². The maximum Gasteiger partial charge on any atom is 0.123 e. The summed E-state index contributed by atoms with van der Waals surface area (Å²) in [5, 5.41) is 0.810. The van der Waals surface area contributed by atoms with E-state index in [4.69, 9.17) is 11.6 Å². The van der Waals surface area contributed by atoms with Crippen molar-refractivity contribution in [2.75, 3.05) is 0 Å². The minimum Gasteiger partial charge on any atom is -0.207 e. The third-order valence-electron chi connectivity index (χ3n) is 1.99. The number of benzene rings is 2. The van der Waals surface area contributed by atoms with Gasteiger partial charge in [0.15, 0.2) is 0 Å². The van der Waals surface area contributed by atoms with Crippen LogP contribution in [0.4, 0.5) is 4.39 Å². The second-order valence-electron chi connectivity index (χ2n) is 3.59. The summed E-state index contributed by atoms with van der Waals surface area (Å²) in [6, 6.07) is 14.2. The standard InChI is InChI=1S/C7H7Cl.C7H7F.4C2H6/c1-6-3-2-4-7(8)5-6;1-6-2-4-7(8)5-3-6;4*1-2/h2*2-5H,1H3;4*1-2H3. The van der Waals surface area contributed by atoms with Crippen LogP contribution in [-0.2, 0) is 0 Å². The lowest BCUT2D eigenvalue weighted by molar-refractivity contribution is 0.627. The van der Waals surface area contributed by atoms with Crippen LogP contribution in [0.25, 0.3) is 0 Å². The van der Waals surface area contributed by atoms with Crippen LogP contribution in [0.5, 0.6) is 0 Å². The molecule has 140 valence electrons. The summed E-state index contributed by atoms with van der Waals surface area (Å²) >= 11 is 5.64. The van der Waals surface area contributed by atoms with E-state index in [1.807, 2.05) is 93.5 Å². The highest BCUT2D eigenvalue weighted by molar-refractivity contribution is 6.30. The fraction of sp³-hybridized carbons (Fsp3) is 0.455. The van der Waals surface area contributed by atoms with Gasteiger partial charge in [-0.05, 0) is 43.7 Å². The van der Waals surface area contributed by atoms with Crippen molar-refractivity contribution in [3.05, 3.63) is 70.5 Å². The van der Waals surface area contributed by atoms with Crippen molar-refractivity contribution in [3.63, 3.8) is 0 Å². The van der Waals surface area contributed by atoms with Gasteiger partial charge in [0.25, 0.3) is 0 Å². The maximum absolute atomic E-state index is 12.1. The fourth-order valence-electron chi connectivity index (χ4n) is 1.14. The summed E-state index contributed by atoms with van der Waals surface area (Å²) in [6.07, 6.45) is 0. The molecule has 0 unspecified atom stereocenters. The minimum absolute atomic E-state index is 0.171. The molecule has 0 aliphatic rings. The number of aryl methyl sites for hydroxylation is 2. The van der Waals surface area contributed by atoms with E-state index in [1.165, 1.54) is 17.7 Å². The highest BCUT2D eigenvalue weighted by atomic mass is 35.5. The molecular weight excluding hydrogens is 319 g/mol. The van der Waals surface area contributed by atoms with Gasteiger partial charge in [0, 0.05) is 5.02 Å². The first-order chi connectivity index (χ1) is 11.6. The monoisotopic (exact) mass is 356 g/mol. The first-order valence-electron chi connectivity index (χ1n) is 9.02. The lowest BCUT2D eigenvalue weighted by Crippen LogP contribution is -1.71. The molecule has 0 saturated carbocycles. The number of halogens is 2. The molecular formula is C22H38ClF. The molecule has 0 spiro atoms. The van der Waals surface area contributed by atoms with E-state index in [0.717, 1.165) is 10.6 Å². The van der Waals surface area contributed by atoms with Gasteiger partial charge in [0.1, 0.15) is 5.82 Å². The zero-order valence-electron chi connectivity index (χ0n) is 17.4. The molecule has 2 aromatic rings. The van der Waals surface area contributed by atoms with Gasteiger partial charge in [-0.15, -0.1) is 0 Å². The fourth-order valence-corrected chi connectivity index (χ4v) is 1.38. The third-order valence-corrected chi connectivity index (χ3v) is 2.23. The van der Waals surface area contributed by atoms with E-state index < -0.39 is 0 Å². The van der Waals surface area contributed by atoms with Crippen LogP contribution in [0.3, 0.4) is 0 Å². The first-order valence-corrected chi connectivity index (χ1v) is 9.40. The molecule has 0 bridgehead atoms. The largest absolute Gasteiger partial charge is 0.207 e. The van der Waals surface area contributed by atoms with E-state index in [2.05, 4.69) is 0 Å². The van der Waals surface area contributed by atoms with Gasteiger partial charge in [-0.1, -0.05) is 96.8 Å². The normalized spacial score (nSPS) is 7.17. The SMILES string of the molecule is CC.CC.CC.CC.Cc1ccc(F)cc1.Cc1cccc(Cl)c1. The summed E-state index contributed by atoms with van der Waals surface area (Å²) in [5.74, 6) is -0.171. The Morgan fingerprint density at radius 1 is 0.625 bits per heavy atom. The van der Waals surface area contributed by atoms with Crippen LogP contribution in [0.15, 0.2) is 48.5 Å². The summed E-state index contributed by atoms with van der Waals surface area (Å²) in [4.78, 5) is 0. The van der Waals surface area contributed by atoms with Crippen molar-refractivity contribution < 1.29 is 4.39 Å². The van der Waals surface area contributed by atoms with Gasteiger partial charge in [-0.25, -0.2) is 4.39 Å². The Kier molecular flexibility index (Phi) is 33.8. The molecule has 24 heavy (non-hydrogen) atoms. The van der Waals surface area contributed by atoms with Crippen molar-refractivity contribution >= 4 is 11.6 Å². The van der Waals surface area contributed by atoms with Gasteiger partial charge in [0.05, 0.1) is 0 Å². The second kappa shape index (κ2) is 26.6. The summed E-state index contributed by atoms with van der Waals surface area (Å²) in [6.45, 7) is 19.9. The molecule has 2 rings (SSSR count). The molecule has 0 aliphatic carbocycles. The molecule has 0 aliphatic heterocycles. The van der Waals surface area contributed by atoms with E-state index in [1.54, 1.807) is 12.1 Å². The van der Waals surface area contributed by atoms with E-state index >= 15 is 0 Å². The smallest absolute Gasteiger partial charge is 0.123 e. The molecule has 0 heterocycles. The van der Waals surface area contributed by atoms with Gasteiger partial charge >= 0.3 is 0 Å². The van der Waals surface area contributed by atoms with Crippen molar-refractivity contribution in [1.82, 2.24) is 0 Å². The topological polar surface area (TPSA) is 0 Å². The average Bonchev–Trinajstić information content (AvgIpc) is 2.65. The molecule has 0 N–H and O–H groups in total. The second-order valence-corrected chi connectivity index (χ2v) is 4.03. The van der Waals surface area contributed by atoms with Gasteiger partial charge in [-0.2, -0.15) is 0 Å². The molecule has 0 aromatic heterocycles. The predicted molar refractivity (Wildman–Crippen MR) is 113 cm³/mol. The summed E-state index contributed by atoms with van der Waals surface area (Å²) in [7, 11) is 0. The molecule has 0 atom stereocenters. The Morgan fingerprint density at radius 3 is 1.29 bits per heavy atom. The zero-order chi connectivity index (χ0) is 20.0. The van der Waals surface area contributed by atoms with Crippen LogP contribution >= 0.6 is 11.6 Å². The molecule has 0 nitrogen and oxygen atoms in total. The molecule has 0 fully saturated rings. The van der Waals surface area contributed by atoms with Gasteiger partial charge in [-0.3, -0.25) is 0 Å². The Morgan fingerprint density at radius 2 is 1.04 bits per heavy atom. The number of hydrogen-bond donors (Lipinski definition) is 0. The van der Waals surface area contributed by atoms with Crippen LogP contribution in [-0.4, -0.2) is 0 Å². The lowest BCUT2D eigenvalue weighted by atomic mass is 10.2.